The number of nitrogens with zero attached hydrogens (tertiary/aromatic N) is 3. The summed E-state index contributed by atoms with van der Waals surface area (Å²) in [6.07, 6.45) is 5.55. The quantitative estimate of drug-likeness (QED) is 0.835. The molecule has 1 saturated heterocycles. The van der Waals surface area contributed by atoms with E-state index in [0.29, 0.717) is 38.7 Å². The number of rotatable bonds is 3. The van der Waals surface area contributed by atoms with Crippen molar-refractivity contribution in [1.29, 1.82) is 0 Å². The lowest BCUT2D eigenvalue weighted by atomic mass is 10.1. The summed E-state index contributed by atoms with van der Waals surface area (Å²) in [6, 6.07) is 0.216. The predicted octanol–water partition coefficient (Wildman–Crippen LogP) is 1.05. The zero-order chi connectivity index (χ0) is 14.2. The van der Waals surface area contributed by atoms with Crippen LogP contribution in [-0.2, 0) is 22.6 Å². The highest BCUT2D eigenvalue weighted by Gasteiger charge is 2.34. The zero-order valence-corrected chi connectivity index (χ0v) is 12.2. The number of hydrogen-bond donors (Lipinski definition) is 0. The summed E-state index contributed by atoms with van der Waals surface area (Å²) in [4.78, 5) is 19.2. The SMILES string of the molecule is O=C(c1cn2c(n1)COCC2)N1CCOC[C@@H]1CC1CC1. The van der Waals surface area contributed by atoms with Gasteiger partial charge in [-0.1, -0.05) is 12.8 Å². The molecule has 0 aromatic carbocycles. The van der Waals surface area contributed by atoms with Crippen LogP contribution in [-0.4, -0.2) is 52.8 Å². The van der Waals surface area contributed by atoms with Crippen molar-refractivity contribution in [3.63, 3.8) is 0 Å². The van der Waals surface area contributed by atoms with Crippen LogP contribution in [0.4, 0.5) is 0 Å². The Morgan fingerprint density at radius 2 is 2.14 bits per heavy atom. The molecule has 0 radical (unpaired) electrons. The minimum Gasteiger partial charge on any atom is -0.377 e. The van der Waals surface area contributed by atoms with E-state index in [4.69, 9.17) is 9.47 Å². The molecule has 4 rings (SSSR count). The molecular weight excluding hydrogens is 270 g/mol. The van der Waals surface area contributed by atoms with E-state index in [1.807, 2.05) is 15.7 Å². The number of aromatic nitrogens is 2. The molecule has 1 amide bonds. The molecule has 1 aromatic rings. The van der Waals surface area contributed by atoms with E-state index >= 15 is 0 Å². The van der Waals surface area contributed by atoms with Gasteiger partial charge in [-0.15, -0.1) is 0 Å². The van der Waals surface area contributed by atoms with Crippen LogP contribution in [0, 0.1) is 5.92 Å². The van der Waals surface area contributed by atoms with Crippen LogP contribution in [0.15, 0.2) is 6.20 Å². The monoisotopic (exact) mass is 291 g/mol. The number of carbonyl (C=O) groups excluding carboxylic acids is 1. The van der Waals surface area contributed by atoms with Gasteiger partial charge in [0.2, 0.25) is 0 Å². The lowest BCUT2D eigenvalue weighted by Crippen LogP contribution is -2.49. The molecule has 0 N–H and O–H groups in total. The van der Waals surface area contributed by atoms with Crippen LogP contribution < -0.4 is 0 Å². The normalized spacial score (nSPS) is 25.7. The van der Waals surface area contributed by atoms with Crippen LogP contribution in [0.2, 0.25) is 0 Å². The number of fused-ring (bicyclic) bond motifs is 1. The number of carbonyl (C=O) groups is 1. The van der Waals surface area contributed by atoms with Crippen molar-refractivity contribution in [3.05, 3.63) is 17.7 Å². The Morgan fingerprint density at radius 1 is 1.29 bits per heavy atom. The molecule has 21 heavy (non-hydrogen) atoms. The highest BCUT2D eigenvalue weighted by atomic mass is 16.5. The molecule has 1 saturated carbocycles. The Balaban J connectivity index is 1.52. The van der Waals surface area contributed by atoms with Gasteiger partial charge in [-0.2, -0.15) is 0 Å². The molecule has 0 unspecified atom stereocenters. The fourth-order valence-electron chi connectivity index (χ4n) is 3.20. The summed E-state index contributed by atoms with van der Waals surface area (Å²) < 4.78 is 13.0. The molecule has 6 heteroatoms. The number of hydrogen-bond acceptors (Lipinski definition) is 4. The molecule has 3 aliphatic rings. The van der Waals surface area contributed by atoms with Gasteiger partial charge >= 0.3 is 0 Å². The average molecular weight is 291 g/mol. The molecule has 114 valence electrons. The van der Waals surface area contributed by atoms with Gasteiger partial charge in [0, 0.05) is 19.3 Å². The Labute approximate surface area is 124 Å². The number of imidazole rings is 1. The number of amides is 1. The maximum Gasteiger partial charge on any atom is 0.274 e. The fourth-order valence-corrected chi connectivity index (χ4v) is 3.20. The number of morpholine rings is 1. The second kappa shape index (κ2) is 5.42. The maximum absolute atomic E-state index is 12.8. The van der Waals surface area contributed by atoms with Crippen molar-refractivity contribution in [3.8, 4) is 0 Å². The third-order valence-electron chi connectivity index (χ3n) is 4.58. The highest BCUT2D eigenvalue weighted by Crippen LogP contribution is 2.35. The third-order valence-corrected chi connectivity index (χ3v) is 4.58. The Bertz CT molecular complexity index is 515. The third kappa shape index (κ3) is 2.70. The largest absolute Gasteiger partial charge is 0.377 e. The molecule has 6 nitrogen and oxygen atoms in total. The Kier molecular flexibility index (Phi) is 3.43. The van der Waals surface area contributed by atoms with Crippen molar-refractivity contribution in [2.75, 3.05) is 26.4 Å². The van der Waals surface area contributed by atoms with Gasteiger partial charge in [0.05, 0.1) is 25.9 Å². The first kappa shape index (κ1) is 13.3. The smallest absolute Gasteiger partial charge is 0.274 e. The molecule has 0 spiro atoms. The summed E-state index contributed by atoms with van der Waals surface area (Å²) in [5, 5.41) is 0. The first-order valence-corrected chi connectivity index (χ1v) is 7.84. The Morgan fingerprint density at radius 3 is 2.95 bits per heavy atom. The summed E-state index contributed by atoms with van der Waals surface area (Å²) in [6.45, 7) is 3.95. The van der Waals surface area contributed by atoms with Gasteiger partial charge < -0.3 is 18.9 Å². The molecule has 1 aliphatic carbocycles. The van der Waals surface area contributed by atoms with Gasteiger partial charge in [0.25, 0.3) is 5.91 Å². The zero-order valence-electron chi connectivity index (χ0n) is 12.2. The topological polar surface area (TPSA) is 56.6 Å². The first-order chi connectivity index (χ1) is 10.3. The van der Waals surface area contributed by atoms with Gasteiger partial charge in [-0.3, -0.25) is 4.79 Å². The van der Waals surface area contributed by atoms with E-state index in [9.17, 15) is 4.79 Å². The second-order valence-electron chi connectivity index (χ2n) is 6.19. The van der Waals surface area contributed by atoms with Crippen LogP contribution in [0.1, 0.15) is 35.6 Å². The molecule has 2 fully saturated rings. The molecule has 0 bridgehead atoms. The van der Waals surface area contributed by atoms with Gasteiger partial charge in [0.1, 0.15) is 18.1 Å². The first-order valence-electron chi connectivity index (χ1n) is 7.84. The van der Waals surface area contributed by atoms with E-state index in [0.717, 1.165) is 24.7 Å². The number of ether oxygens (including phenoxy) is 2. The van der Waals surface area contributed by atoms with E-state index < -0.39 is 0 Å². The van der Waals surface area contributed by atoms with Crippen LogP contribution in [0.25, 0.3) is 0 Å². The Hall–Kier alpha value is -1.40. The average Bonchev–Trinajstić information content (AvgIpc) is 3.22. The minimum absolute atomic E-state index is 0.0471. The minimum atomic E-state index is 0.0471. The van der Waals surface area contributed by atoms with E-state index in [1.165, 1.54) is 12.8 Å². The highest BCUT2D eigenvalue weighted by molar-refractivity contribution is 5.92. The van der Waals surface area contributed by atoms with Crippen molar-refractivity contribution in [2.45, 2.75) is 38.5 Å². The van der Waals surface area contributed by atoms with Crippen LogP contribution in [0.3, 0.4) is 0 Å². The molecular formula is C15H21N3O3. The van der Waals surface area contributed by atoms with E-state index in [-0.39, 0.29) is 11.9 Å². The summed E-state index contributed by atoms with van der Waals surface area (Å²) in [5.74, 6) is 1.69. The van der Waals surface area contributed by atoms with Gasteiger partial charge in [-0.25, -0.2) is 4.98 Å². The van der Waals surface area contributed by atoms with Crippen molar-refractivity contribution < 1.29 is 14.3 Å². The predicted molar refractivity (Wildman–Crippen MR) is 74.9 cm³/mol. The van der Waals surface area contributed by atoms with Gasteiger partial charge in [0.15, 0.2) is 0 Å². The summed E-state index contributed by atoms with van der Waals surface area (Å²) >= 11 is 0. The van der Waals surface area contributed by atoms with E-state index in [2.05, 4.69) is 4.98 Å². The summed E-state index contributed by atoms with van der Waals surface area (Å²) in [5.41, 5.74) is 0.554. The maximum atomic E-state index is 12.8. The van der Waals surface area contributed by atoms with Gasteiger partial charge in [-0.05, 0) is 12.3 Å². The van der Waals surface area contributed by atoms with E-state index in [1.54, 1.807) is 0 Å². The van der Waals surface area contributed by atoms with Crippen molar-refractivity contribution >= 4 is 5.91 Å². The lowest BCUT2D eigenvalue weighted by molar-refractivity contribution is -0.00598. The molecule has 3 heterocycles. The molecule has 2 aliphatic heterocycles. The lowest BCUT2D eigenvalue weighted by Gasteiger charge is -2.35. The van der Waals surface area contributed by atoms with Crippen molar-refractivity contribution in [2.24, 2.45) is 5.92 Å². The molecule has 1 aromatic heterocycles. The molecule has 1 atom stereocenters. The van der Waals surface area contributed by atoms with Crippen LogP contribution in [0.5, 0.6) is 0 Å². The summed E-state index contributed by atoms with van der Waals surface area (Å²) in [7, 11) is 0. The van der Waals surface area contributed by atoms with Crippen LogP contribution >= 0.6 is 0 Å². The standard InChI is InChI=1S/C15H21N3O3/c19-15(13-8-17-3-5-21-10-14(17)16-13)18-4-6-20-9-12(18)7-11-1-2-11/h8,11-12H,1-7,9-10H2/t12-/m0/s1. The fraction of sp³-hybridized carbons (Fsp3) is 0.733. The second-order valence-corrected chi connectivity index (χ2v) is 6.19. The van der Waals surface area contributed by atoms with Crippen molar-refractivity contribution in [1.82, 2.24) is 14.5 Å².